The van der Waals surface area contributed by atoms with Gasteiger partial charge < -0.3 is 20.1 Å². The molecule has 0 aliphatic carbocycles. The van der Waals surface area contributed by atoms with E-state index in [0.717, 1.165) is 0 Å². The molecule has 0 spiro atoms. The lowest BCUT2D eigenvalue weighted by molar-refractivity contribution is -0.186. The van der Waals surface area contributed by atoms with Crippen molar-refractivity contribution in [1.82, 2.24) is 0 Å². The summed E-state index contributed by atoms with van der Waals surface area (Å²) in [6.45, 7) is 5.53. The van der Waals surface area contributed by atoms with E-state index in [1.165, 1.54) is 6.92 Å². The Kier molecular flexibility index (Phi) is 5.68. The van der Waals surface area contributed by atoms with Crippen molar-refractivity contribution in [3.8, 4) is 0 Å². The standard InChI is InChI=1S/C7H12O5.C2H6/c1-3-6(9)4(8)2-5(12-3)7(10)11;1-2/h3-6,8-9H,2H2,1H3,(H,10,11);1-2H3/t3?,4-,5-,6-;/m0./s1. The van der Waals surface area contributed by atoms with Gasteiger partial charge in [0.2, 0.25) is 0 Å². The number of rotatable bonds is 1. The molecule has 4 atom stereocenters. The second-order valence-corrected chi connectivity index (χ2v) is 2.96. The summed E-state index contributed by atoms with van der Waals surface area (Å²) >= 11 is 0. The minimum Gasteiger partial charge on any atom is -0.479 e. The summed E-state index contributed by atoms with van der Waals surface area (Å²) in [6, 6.07) is 0. The third kappa shape index (κ3) is 3.25. The number of ether oxygens (including phenoxy) is 1. The molecule has 1 unspecified atom stereocenters. The topological polar surface area (TPSA) is 87.0 Å². The van der Waals surface area contributed by atoms with Gasteiger partial charge in [-0.2, -0.15) is 0 Å². The average molecular weight is 206 g/mol. The van der Waals surface area contributed by atoms with Gasteiger partial charge >= 0.3 is 5.97 Å². The van der Waals surface area contributed by atoms with Crippen LogP contribution in [0.1, 0.15) is 27.2 Å². The number of hydrogen-bond acceptors (Lipinski definition) is 4. The van der Waals surface area contributed by atoms with E-state index in [1.54, 1.807) is 0 Å². The second-order valence-electron chi connectivity index (χ2n) is 2.96. The fraction of sp³-hybridized carbons (Fsp3) is 0.889. The van der Waals surface area contributed by atoms with Gasteiger partial charge in [-0.3, -0.25) is 0 Å². The quantitative estimate of drug-likeness (QED) is 0.562. The van der Waals surface area contributed by atoms with Crippen LogP contribution < -0.4 is 0 Å². The molecule has 3 N–H and O–H groups in total. The van der Waals surface area contributed by atoms with E-state index in [4.69, 9.17) is 9.84 Å². The Balaban J connectivity index is 0.000000791. The van der Waals surface area contributed by atoms with E-state index >= 15 is 0 Å². The molecule has 0 radical (unpaired) electrons. The number of carboxylic acids is 1. The van der Waals surface area contributed by atoms with Gasteiger partial charge in [0.25, 0.3) is 0 Å². The monoisotopic (exact) mass is 206 g/mol. The fourth-order valence-corrected chi connectivity index (χ4v) is 1.23. The van der Waals surface area contributed by atoms with Crippen molar-refractivity contribution >= 4 is 5.97 Å². The van der Waals surface area contributed by atoms with E-state index in [9.17, 15) is 15.0 Å². The van der Waals surface area contributed by atoms with Crippen molar-refractivity contribution in [3.05, 3.63) is 0 Å². The lowest BCUT2D eigenvalue weighted by Crippen LogP contribution is -2.49. The Morgan fingerprint density at radius 1 is 1.36 bits per heavy atom. The molecule has 0 amide bonds. The maximum Gasteiger partial charge on any atom is 0.332 e. The van der Waals surface area contributed by atoms with Gasteiger partial charge in [0.05, 0.1) is 12.2 Å². The van der Waals surface area contributed by atoms with E-state index < -0.39 is 30.4 Å². The highest BCUT2D eigenvalue weighted by Gasteiger charge is 2.37. The SMILES string of the molecule is CC.CC1O[C@H](C(=O)O)C[C@H](O)[C@H]1O. The Hall–Kier alpha value is -0.650. The Labute approximate surface area is 83.3 Å². The number of aliphatic carboxylic acids is 1. The van der Waals surface area contributed by atoms with E-state index in [-0.39, 0.29) is 6.42 Å². The lowest BCUT2D eigenvalue weighted by Gasteiger charge is -2.33. The van der Waals surface area contributed by atoms with Gasteiger partial charge in [0, 0.05) is 6.42 Å². The molecule has 1 aliphatic heterocycles. The van der Waals surface area contributed by atoms with Gasteiger partial charge in [-0.15, -0.1) is 0 Å². The zero-order valence-corrected chi connectivity index (χ0v) is 8.67. The van der Waals surface area contributed by atoms with Crippen molar-refractivity contribution in [1.29, 1.82) is 0 Å². The van der Waals surface area contributed by atoms with Crippen molar-refractivity contribution < 1.29 is 24.9 Å². The summed E-state index contributed by atoms with van der Waals surface area (Å²) < 4.78 is 4.92. The van der Waals surface area contributed by atoms with Crippen LogP contribution in [0.15, 0.2) is 0 Å². The molecule has 0 aromatic carbocycles. The van der Waals surface area contributed by atoms with Crippen molar-refractivity contribution in [3.63, 3.8) is 0 Å². The molecule has 1 saturated heterocycles. The Morgan fingerprint density at radius 3 is 2.21 bits per heavy atom. The summed E-state index contributed by atoms with van der Waals surface area (Å²) in [7, 11) is 0. The number of aliphatic hydroxyl groups excluding tert-OH is 2. The summed E-state index contributed by atoms with van der Waals surface area (Å²) in [5.41, 5.74) is 0. The molecule has 0 saturated carbocycles. The van der Waals surface area contributed by atoms with E-state index in [2.05, 4.69) is 0 Å². The van der Waals surface area contributed by atoms with Crippen molar-refractivity contribution in [2.24, 2.45) is 0 Å². The third-order valence-corrected chi connectivity index (χ3v) is 1.99. The largest absolute Gasteiger partial charge is 0.479 e. The van der Waals surface area contributed by atoms with Gasteiger partial charge in [-0.05, 0) is 6.92 Å². The molecule has 1 rings (SSSR count). The van der Waals surface area contributed by atoms with Crippen molar-refractivity contribution in [2.75, 3.05) is 0 Å². The van der Waals surface area contributed by atoms with Gasteiger partial charge in [-0.25, -0.2) is 4.79 Å². The second kappa shape index (κ2) is 5.95. The summed E-state index contributed by atoms with van der Waals surface area (Å²) in [5, 5.41) is 26.9. The summed E-state index contributed by atoms with van der Waals surface area (Å²) in [5.74, 6) is -1.10. The molecule has 84 valence electrons. The predicted molar refractivity (Wildman–Crippen MR) is 49.9 cm³/mol. The first-order chi connectivity index (χ1) is 6.52. The molecule has 0 aromatic heterocycles. The third-order valence-electron chi connectivity index (χ3n) is 1.99. The van der Waals surface area contributed by atoms with Crippen LogP contribution in [0.25, 0.3) is 0 Å². The molecule has 1 fully saturated rings. The average Bonchev–Trinajstić information content (AvgIpc) is 2.16. The summed E-state index contributed by atoms with van der Waals surface area (Å²) in [6.07, 6.45) is -3.68. The normalized spacial score (nSPS) is 36.9. The molecule has 14 heavy (non-hydrogen) atoms. The van der Waals surface area contributed by atoms with Crippen molar-refractivity contribution in [2.45, 2.75) is 51.6 Å². The maximum atomic E-state index is 10.4. The Morgan fingerprint density at radius 2 is 1.86 bits per heavy atom. The molecule has 0 bridgehead atoms. The minimum atomic E-state index is -1.10. The number of hydrogen-bond donors (Lipinski definition) is 3. The molecule has 5 nitrogen and oxygen atoms in total. The summed E-state index contributed by atoms with van der Waals surface area (Å²) in [4.78, 5) is 10.4. The van der Waals surface area contributed by atoms with Crippen LogP contribution in [0.4, 0.5) is 0 Å². The minimum absolute atomic E-state index is 0.0547. The van der Waals surface area contributed by atoms with Gasteiger partial charge in [0.15, 0.2) is 6.10 Å². The first-order valence-corrected chi connectivity index (χ1v) is 4.76. The lowest BCUT2D eigenvalue weighted by atomic mass is 9.99. The molecule has 1 heterocycles. The van der Waals surface area contributed by atoms with E-state index in [0.29, 0.717) is 0 Å². The molecule has 1 aliphatic rings. The first kappa shape index (κ1) is 13.4. The number of carbonyl (C=O) groups is 1. The zero-order valence-electron chi connectivity index (χ0n) is 8.67. The predicted octanol–water partition coefficient (Wildman–Crippen LogP) is -0.00360. The highest BCUT2D eigenvalue weighted by molar-refractivity contribution is 5.72. The number of aliphatic hydroxyl groups is 2. The van der Waals surface area contributed by atoms with Crippen LogP contribution in [-0.2, 0) is 9.53 Å². The van der Waals surface area contributed by atoms with Crippen LogP contribution in [0.3, 0.4) is 0 Å². The highest BCUT2D eigenvalue weighted by Crippen LogP contribution is 2.19. The first-order valence-electron chi connectivity index (χ1n) is 4.76. The van der Waals surface area contributed by atoms with Crippen LogP contribution >= 0.6 is 0 Å². The maximum absolute atomic E-state index is 10.4. The zero-order chi connectivity index (χ0) is 11.3. The molecule has 5 heteroatoms. The smallest absolute Gasteiger partial charge is 0.332 e. The van der Waals surface area contributed by atoms with Gasteiger partial charge in [-0.1, -0.05) is 13.8 Å². The van der Waals surface area contributed by atoms with Crippen LogP contribution in [0.2, 0.25) is 0 Å². The Bertz CT molecular complexity index is 170. The molecular formula is C9H18O5. The number of carboxylic acid groups (broad SMARTS) is 1. The van der Waals surface area contributed by atoms with Gasteiger partial charge in [0.1, 0.15) is 6.10 Å². The van der Waals surface area contributed by atoms with Crippen LogP contribution in [-0.4, -0.2) is 45.7 Å². The van der Waals surface area contributed by atoms with Crippen LogP contribution in [0, 0.1) is 0 Å². The highest BCUT2D eigenvalue weighted by atomic mass is 16.5. The molecule has 0 aromatic rings. The van der Waals surface area contributed by atoms with Crippen LogP contribution in [0.5, 0.6) is 0 Å². The molecular weight excluding hydrogens is 188 g/mol. The fourth-order valence-electron chi connectivity index (χ4n) is 1.23. The van der Waals surface area contributed by atoms with E-state index in [1.807, 2.05) is 13.8 Å².